The van der Waals surface area contributed by atoms with Crippen molar-refractivity contribution < 1.29 is 13.9 Å². The maximum absolute atomic E-state index is 12.5. The summed E-state index contributed by atoms with van der Waals surface area (Å²) in [4.78, 5) is 12.5. The van der Waals surface area contributed by atoms with Gasteiger partial charge < -0.3 is 14.5 Å². The fourth-order valence-corrected chi connectivity index (χ4v) is 4.01. The highest BCUT2D eigenvalue weighted by molar-refractivity contribution is 6.39. The van der Waals surface area contributed by atoms with Crippen LogP contribution in [0.5, 0.6) is 5.75 Å². The molecule has 0 saturated heterocycles. The van der Waals surface area contributed by atoms with Gasteiger partial charge in [-0.25, -0.2) is 0 Å². The summed E-state index contributed by atoms with van der Waals surface area (Å²) in [7, 11) is 0. The van der Waals surface area contributed by atoms with Crippen LogP contribution in [0, 0.1) is 0 Å². The Morgan fingerprint density at radius 3 is 2.15 bits per heavy atom. The van der Waals surface area contributed by atoms with Gasteiger partial charge in [0.15, 0.2) is 5.76 Å². The summed E-state index contributed by atoms with van der Waals surface area (Å²) in [6.45, 7) is 4.59. The molecule has 1 N–H and O–H groups in total. The van der Waals surface area contributed by atoms with Crippen LogP contribution >= 0.6 is 23.2 Å². The van der Waals surface area contributed by atoms with E-state index in [1.165, 1.54) is 11.1 Å². The molecule has 168 valence electrons. The number of carbonyl (C=O) groups excluding carboxylic acids is 1. The Morgan fingerprint density at radius 1 is 0.848 bits per heavy atom. The molecule has 6 heteroatoms. The van der Waals surface area contributed by atoms with Gasteiger partial charge in [-0.05, 0) is 47.5 Å². The van der Waals surface area contributed by atoms with E-state index in [9.17, 15) is 4.79 Å². The Hall–Kier alpha value is -3.21. The van der Waals surface area contributed by atoms with Gasteiger partial charge in [0.2, 0.25) is 0 Å². The Labute approximate surface area is 203 Å². The second-order valence-electron chi connectivity index (χ2n) is 8.12. The van der Waals surface area contributed by atoms with Gasteiger partial charge in [-0.15, -0.1) is 0 Å². The first-order valence-corrected chi connectivity index (χ1v) is 11.2. The number of benzene rings is 3. The molecule has 0 spiro atoms. The SMILES string of the molecule is CC(C)(c1ccccc1)c1ccc(OCc2ccc(C(=O)Nc3c(Cl)cccc3Cl)o2)cc1. The Bertz CT molecular complexity index is 1230. The standard InChI is InChI=1S/C27H23Cl2NO3/c1-27(2,18-7-4-3-5-8-18)19-11-13-20(14-12-19)32-17-21-15-16-24(33-21)26(31)30-25-22(28)9-6-10-23(25)29/h3-16H,17H2,1-2H3,(H,30,31). The molecule has 4 nitrogen and oxygen atoms in total. The zero-order chi connectivity index (χ0) is 23.4. The topological polar surface area (TPSA) is 51.5 Å². The zero-order valence-corrected chi connectivity index (χ0v) is 19.8. The molecule has 0 bridgehead atoms. The Balaban J connectivity index is 1.38. The van der Waals surface area contributed by atoms with Crippen molar-refractivity contribution >= 4 is 34.8 Å². The predicted octanol–water partition coefficient (Wildman–Crippen LogP) is 7.74. The van der Waals surface area contributed by atoms with Crippen molar-refractivity contribution in [2.45, 2.75) is 25.9 Å². The summed E-state index contributed by atoms with van der Waals surface area (Å²) < 4.78 is 11.5. The lowest BCUT2D eigenvalue weighted by Gasteiger charge is -2.26. The van der Waals surface area contributed by atoms with E-state index in [4.69, 9.17) is 32.4 Å². The second-order valence-corrected chi connectivity index (χ2v) is 8.94. The third-order valence-electron chi connectivity index (χ3n) is 5.54. The smallest absolute Gasteiger partial charge is 0.291 e. The number of rotatable bonds is 7. The number of hydrogen-bond acceptors (Lipinski definition) is 3. The summed E-state index contributed by atoms with van der Waals surface area (Å²) in [5.41, 5.74) is 2.67. The maximum atomic E-state index is 12.5. The first kappa shape index (κ1) is 23.0. The summed E-state index contributed by atoms with van der Waals surface area (Å²) in [6.07, 6.45) is 0. The van der Waals surface area contributed by atoms with Crippen LogP contribution in [0.1, 0.15) is 41.3 Å². The van der Waals surface area contributed by atoms with Crippen LogP contribution in [0.2, 0.25) is 10.0 Å². The van der Waals surface area contributed by atoms with Crippen molar-refractivity contribution in [3.63, 3.8) is 0 Å². The molecule has 3 aromatic carbocycles. The summed E-state index contributed by atoms with van der Waals surface area (Å²) in [6, 6.07) is 26.7. The molecule has 1 heterocycles. The molecule has 0 atom stereocenters. The van der Waals surface area contributed by atoms with Crippen LogP contribution in [0.15, 0.2) is 89.3 Å². The number of anilines is 1. The van der Waals surface area contributed by atoms with Crippen LogP contribution in [0.25, 0.3) is 0 Å². The van der Waals surface area contributed by atoms with Crippen LogP contribution in [-0.2, 0) is 12.0 Å². The van der Waals surface area contributed by atoms with E-state index in [0.29, 0.717) is 27.2 Å². The van der Waals surface area contributed by atoms with E-state index in [1.54, 1.807) is 30.3 Å². The number of amides is 1. The van der Waals surface area contributed by atoms with Gasteiger partial charge in [0.25, 0.3) is 5.91 Å². The van der Waals surface area contributed by atoms with Crippen LogP contribution in [0.3, 0.4) is 0 Å². The van der Waals surface area contributed by atoms with Crippen LogP contribution < -0.4 is 10.1 Å². The third-order valence-corrected chi connectivity index (χ3v) is 6.17. The van der Waals surface area contributed by atoms with E-state index < -0.39 is 5.91 Å². The average Bonchev–Trinajstić information content (AvgIpc) is 3.30. The molecule has 0 radical (unpaired) electrons. The quantitative estimate of drug-likeness (QED) is 0.294. The normalized spacial score (nSPS) is 11.3. The monoisotopic (exact) mass is 479 g/mol. The molecule has 0 fully saturated rings. The predicted molar refractivity (Wildman–Crippen MR) is 132 cm³/mol. The highest BCUT2D eigenvalue weighted by Gasteiger charge is 2.22. The minimum Gasteiger partial charge on any atom is -0.486 e. The molecule has 0 saturated carbocycles. The first-order chi connectivity index (χ1) is 15.8. The molecule has 0 aliphatic heterocycles. The number of para-hydroxylation sites is 1. The van der Waals surface area contributed by atoms with Gasteiger partial charge in [0, 0.05) is 5.41 Å². The molecule has 0 unspecified atom stereocenters. The van der Waals surface area contributed by atoms with Crippen molar-refractivity contribution in [3.8, 4) is 5.75 Å². The molecule has 4 rings (SSSR count). The third kappa shape index (κ3) is 5.24. The van der Waals surface area contributed by atoms with Gasteiger partial charge in [-0.2, -0.15) is 0 Å². The second kappa shape index (κ2) is 9.74. The van der Waals surface area contributed by atoms with Gasteiger partial charge in [-0.3, -0.25) is 4.79 Å². The largest absolute Gasteiger partial charge is 0.486 e. The average molecular weight is 480 g/mol. The number of carbonyl (C=O) groups is 1. The van der Waals surface area contributed by atoms with Gasteiger partial charge in [0.1, 0.15) is 18.1 Å². The molecule has 0 aliphatic carbocycles. The molecule has 0 aliphatic rings. The van der Waals surface area contributed by atoms with Gasteiger partial charge in [0.05, 0.1) is 15.7 Å². The van der Waals surface area contributed by atoms with Gasteiger partial charge in [-0.1, -0.05) is 85.6 Å². The fourth-order valence-electron chi connectivity index (χ4n) is 3.51. The number of hydrogen-bond donors (Lipinski definition) is 1. The Kier molecular flexibility index (Phi) is 6.77. The van der Waals surface area contributed by atoms with E-state index in [1.807, 2.05) is 18.2 Å². The zero-order valence-electron chi connectivity index (χ0n) is 18.3. The molecular formula is C27H23Cl2NO3. The van der Waals surface area contributed by atoms with Crippen molar-refractivity contribution in [3.05, 3.63) is 118 Å². The van der Waals surface area contributed by atoms with Crippen molar-refractivity contribution in [2.75, 3.05) is 5.32 Å². The minimum atomic E-state index is -0.441. The summed E-state index contributed by atoms with van der Waals surface area (Å²) in [5, 5.41) is 3.38. The van der Waals surface area contributed by atoms with Crippen LogP contribution in [0.4, 0.5) is 5.69 Å². The van der Waals surface area contributed by atoms with E-state index >= 15 is 0 Å². The summed E-state index contributed by atoms with van der Waals surface area (Å²) in [5.74, 6) is 0.945. The number of halogens is 2. The highest BCUT2D eigenvalue weighted by Crippen LogP contribution is 2.33. The molecular weight excluding hydrogens is 457 g/mol. The minimum absolute atomic E-state index is 0.117. The van der Waals surface area contributed by atoms with E-state index in [2.05, 4.69) is 55.6 Å². The first-order valence-electron chi connectivity index (χ1n) is 10.5. The lowest BCUT2D eigenvalue weighted by atomic mass is 9.78. The maximum Gasteiger partial charge on any atom is 0.291 e. The molecule has 4 aromatic rings. The summed E-state index contributed by atoms with van der Waals surface area (Å²) >= 11 is 12.2. The highest BCUT2D eigenvalue weighted by atomic mass is 35.5. The lowest BCUT2D eigenvalue weighted by Crippen LogP contribution is -2.18. The number of ether oxygens (including phenoxy) is 1. The van der Waals surface area contributed by atoms with Crippen molar-refractivity contribution in [1.29, 1.82) is 0 Å². The van der Waals surface area contributed by atoms with Crippen LogP contribution in [-0.4, -0.2) is 5.91 Å². The lowest BCUT2D eigenvalue weighted by molar-refractivity contribution is 0.0992. The molecule has 1 aromatic heterocycles. The van der Waals surface area contributed by atoms with Gasteiger partial charge >= 0.3 is 0 Å². The van der Waals surface area contributed by atoms with E-state index in [-0.39, 0.29) is 17.8 Å². The number of furan rings is 1. The Morgan fingerprint density at radius 2 is 1.48 bits per heavy atom. The van der Waals surface area contributed by atoms with E-state index in [0.717, 1.165) is 0 Å². The van der Waals surface area contributed by atoms with Crippen molar-refractivity contribution in [2.24, 2.45) is 0 Å². The molecule has 33 heavy (non-hydrogen) atoms. The van der Waals surface area contributed by atoms with Crippen molar-refractivity contribution in [1.82, 2.24) is 0 Å². The molecule has 1 amide bonds. The number of nitrogens with one attached hydrogen (secondary N) is 1. The fraction of sp³-hybridized carbons (Fsp3) is 0.148.